The zero-order valence-corrected chi connectivity index (χ0v) is 8.75. The van der Waals surface area contributed by atoms with Crippen molar-refractivity contribution in [2.75, 3.05) is 5.32 Å². The van der Waals surface area contributed by atoms with Crippen LogP contribution in [0.5, 0.6) is 0 Å². The lowest BCUT2D eigenvalue weighted by Crippen LogP contribution is -2.15. The number of fused-ring (bicyclic) bond motifs is 1. The molecule has 2 aliphatic rings. The van der Waals surface area contributed by atoms with E-state index in [9.17, 15) is 4.79 Å². The highest BCUT2D eigenvalue weighted by atomic mass is 16.1. The van der Waals surface area contributed by atoms with Crippen molar-refractivity contribution in [2.45, 2.75) is 38.1 Å². The summed E-state index contributed by atoms with van der Waals surface area (Å²) in [6, 6.07) is 6.80. The molecule has 2 heteroatoms. The minimum Gasteiger partial charge on any atom is -0.382 e. The average molecular weight is 201 g/mol. The zero-order chi connectivity index (χ0) is 10.3. The predicted octanol–water partition coefficient (Wildman–Crippen LogP) is 2.78. The van der Waals surface area contributed by atoms with Crippen molar-refractivity contribution in [3.8, 4) is 0 Å². The van der Waals surface area contributed by atoms with Crippen LogP contribution >= 0.6 is 0 Å². The number of aryl methyl sites for hydroxylation is 1. The van der Waals surface area contributed by atoms with Gasteiger partial charge in [-0.15, -0.1) is 0 Å². The number of Topliss-reactive ketones (excluding diaryl/α,β-unsaturated/α-hetero) is 1. The summed E-state index contributed by atoms with van der Waals surface area (Å²) < 4.78 is 0. The summed E-state index contributed by atoms with van der Waals surface area (Å²) in [6.07, 6.45) is 5.28. The summed E-state index contributed by atoms with van der Waals surface area (Å²) in [6.45, 7) is 0. The average Bonchev–Trinajstić information content (AvgIpc) is 3.02. The lowest BCUT2D eigenvalue weighted by Gasteiger charge is -2.18. The first-order chi connectivity index (χ1) is 7.34. The molecule has 1 N–H and O–H groups in total. The van der Waals surface area contributed by atoms with E-state index in [-0.39, 0.29) is 0 Å². The molecule has 0 amide bonds. The van der Waals surface area contributed by atoms with E-state index in [1.54, 1.807) is 0 Å². The summed E-state index contributed by atoms with van der Waals surface area (Å²) in [4.78, 5) is 11.9. The van der Waals surface area contributed by atoms with Gasteiger partial charge in [-0.3, -0.25) is 4.79 Å². The van der Waals surface area contributed by atoms with Gasteiger partial charge in [0.15, 0.2) is 5.78 Å². The monoisotopic (exact) mass is 201 g/mol. The van der Waals surface area contributed by atoms with Crippen LogP contribution in [0.15, 0.2) is 18.2 Å². The molecule has 1 fully saturated rings. The van der Waals surface area contributed by atoms with Crippen LogP contribution in [0, 0.1) is 0 Å². The van der Waals surface area contributed by atoms with E-state index in [1.165, 1.54) is 18.4 Å². The normalized spacial score (nSPS) is 19.9. The fourth-order valence-electron chi connectivity index (χ4n) is 2.27. The molecule has 1 aromatic carbocycles. The molecule has 1 saturated carbocycles. The maximum Gasteiger partial charge on any atom is 0.165 e. The van der Waals surface area contributed by atoms with Crippen molar-refractivity contribution in [2.24, 2.45) is 0 Å². The third-order valence-corrected chi connectivity index (χ3v) is 3.22. The fraction of sp³-hybridized carbons (Fsp3) is 0.462. The molecule has 2 nitrogen and oxygen atoms in total. The van der Waals surface area contributed by atoms with E-state index < -0.39 is 0 Å². The Labute approximate surface area is 89.7 Å². The molecule has 0 spiro atoms. The van der Waals surface area contributed by atoms with Crippen LogP contribution in [0.1, 0.15) is 41.6 Å². The molecule has 2 aliphatic carbocycles. The number of benzene rings is 1. The molecule has 0 aromatic heterocycles. The van der Waals surface area contributed by atoms with Gasteiger partial charge in [-0.05, 0) is 37.3 Å². The SMILES string of the molecule is O=C1CCCc2cccc(NC3CC3)c21. The fourth-order valence-corrected chi connectivity index (χ4v) is 2.27. The number of hydrogen-bond acceptors (Lipinski definition) is 2. The first-order valence-corrected chi connectivity index (χ1v) is 5.76. The van der Waals surface area contributed by atoms with Crippen molar-refractivity contribution in [3.05, 3.63) is 29.3 Å². The minimum atomic E-state index is 0.319. The van der Waals surface area contributed by atoms with Crippen LogP contribution in [0.2, 0.25) is 0 Å². The topological polar surface area (TPSA) is 29.1 Å². The summed E-state index contributed by atoms with van der Waals surface area (Å²) in [7, 11) is 0. The molecule has 0 radical (unpaired) electrons. The molecule has 15 heavy (non-hydrogen) atoms. The van der Waals surface area contributed by atoms with Crippen LogP contribution in [-0.4, -0.2) is 11.8 Å². The van der Waals surface area contributed by atoms with Crippen LogP contribution in [0.25, 0.3) is 0 Å². The second-order valence-corrected chi connectivity index (χ2v) is 4.54. The van der Waals surface area contributed by atoms with Gasteiger partial charge in [-0.25, -0.2) is 0 Å². The second kappa shape index (κ2) is 3.37. The number of nitrogens with one attached hydrogen (secondary N) is 1. The summed E-state index contributed by atoms with van der Waals surface area (Å²) in [5, 5.41) is 3.45. The van der Waals surface area contributed by atoms with E-state index in [4.69, 9.17) is 0 Å². The lowest BCUT2D eigenvalue weighted by molar-refractivity contribution is 0.0973. The Morgan fingerprint density at radius 1 is 1.20 bits per heavy atom. The molecule has 0 unspecified atom stereocenters. The largest absolute Gasteiger partial charge is 0.382 e. The molecule has 0 heterocycles. The van der Waals surface area contributed by atoms with Crippen molar-refractivity contribution < 1.29 is 4.79 Å². The van der Waals surface area contributed by atoms with Gasteiger partial charge in [-0.2, -0.15) is 0 Å². The Morgan fingerprint density at radius 2 is 2.07 bits per heavy atom. The number of ketones is 1. The molecule has 0 atom stereocenters. The summed E-state index contributed by atoms with van der Waals surface area (Å²) in [5.74, 6) is 0.319. The summed E-state index contributed by atoms with van der Waals surface area (Å²) >= 11 is 0. The van der Waals surface area contributed by atoms with Gasteiger partial charge in [0.1, 0.15) is 0 Å². The van der Waals surface area contributed by atoms with Gasteiger partial charge in [-0.1, -0.05) is 12.1 Å². The molecule has 1 aromatic rings. The molecular weight excluding hydrogens is 186 g/mol. The van der Waals surface area contributed by atoms with Crippen molar-refractivity contribution in [1.82, 2.24) is 0 Å². The van der Waals surface area contributed by atoms with Crippen molar-refractivity contribution in [1.29, 1.82) is 0 Å². The van der Waals surface area contributed by atoms with Crippen LogP contribution in [0.3, 0.4) is 0 Å². The van der Waals surface area contributed by atoms with E-state index in [2.05, 4.69) is 17.4 Å². The van der Waals surface area contributed by atoms with Crippen molar-refractivity contribution >= 4 is 11.5 Å². The number of carbonyl (C=O) groups excluding carboxylic acids is 1. The third kappa shape index (κ3) is 1.65. The Kier molecular flexibility index (Phi) is 2.01. The zero-order valence-electron chi connectivity index (χ0n) is 8.75. The van der Waals surface area contributed by atoms with Crippen LogP contribution in [-0.2, 0) is 6.42 Å². The number of carbonyl (C=O) groups is 1. The Hall–Kier alpha value is -1.31. The molecule has 3 rings (SSSR count). The highest BCUT2D eigenvalue weighted by Crippen LogP contribution is 2.31. The van der Waals surface area contributed by atoms with Gasteiger partial charge < -0.3 is 5.32 Å². The number of hydrogen-bond donors (Lipinski definition) is 1. The molecule has 78 valence electrons. The van der Waals surface area contributed by atoms with E-state index in [0.717, 1.165) is 30.5 Å². The Morgan fingerprint density at radius 3 is 2.87 bits per heavy atom. The number of anilines is 1. The number of rotatable bonds is 2. The van der Waals surface area contributed by atoms with Gasteiger partial charge in [0, 0.05) is 23.7 Å². The molecular formula is C13H15NO. The smallest absolute Gasteiger partial charge is 0.165 e. The van der Waals surface area contributed by atoms with E-state index >= 15 is 0 Å². The maximum atomic E-state index is 11.9. The third-order valence-electron chi connectivity index (χ3n) is 3.22. The van der Waals surface area contributed by atoms with Crippen molar-refractivity contribution in [3.63, 3.8) is 0 Å². The standard InChI is InChI=1S/C13H15NO/c15-12-6-2-4-9-3-1-5-11(13(9)12)14-10-7-8-10/h1,3,5,10,14H,2,4,6-8H2. The molecule has 0 bridgehead atoms. The maximum absolute atomic E-state index is 11.9. The highest BCUT2D eigenvalue weighted by molar-refractivity contribution is 6.03. The summed E-state index contributed by atoms with van der Waals surface area (Å²) in [5.41, 5.74) is 3.27. The highest BCUT2D eigenvalue weighted by Gasteiger charge is 2.25. The predicted molar refractivity (Wildman–Crippen MR) is 60.4 cm³/mol. The van der Waals surface area contributed by atoms with Gasteiger partial charge in [0.2, 0.25) is 0 Å². The van der Waals surface area contributed by atoms with Crippen LogP contribution in [0.4, 0.5) is 5.69 Å². The van der Waals surface area contributed by atoms with Gasteiger partial charge in [0.05, 0.1) is 0 Å². The first-order valence-electron chi connectivity index (χ1n) is 5.76. The van der Waals surface area contributed by atoms with Gasteiger partial charge >= 0.3 is 0 Å². The van der Waals surface area contributed by atoms with E-state index in [0.29, 0.717) is 11.8 Å². The lowest BCUT2D eigenvalue weighted by atomic mass is 9.89. The minimum absolute atomic E-state index is 0.319. The molecule has 0 saturated heterocycles. The first kappa shape index (κ1) is 8.96. The molecule has 0 aliphatic heterocycles. The Bertz CT molecular complexity index is 407. The van der Waals surface area contributed by atoms with Crippen LogP contribution < -0.4 is 5.32 Å². The Balaban J connectivity index is 2.01. The van der Waals surface area contributed by atoms with E-state index in [1.807, 2.05) is 6.07 Å². The second-order valence-electron chi connectivity index (χ2n) is 4.54. The van der Waals surface area contributed by atoms with Gasteiger partial charge in [0.25, 0.3) is 0 Å². The quantitative estimate of drug-likeness (QED) is 0.797.